The number of esters is 1. The van der Waals surface area contributed by atoms with E-state index in [1.165, 1.54) is 12.1 Å². The van der Waals surface area contributed by atoms with Crippen molar-refractivity contribution in [1.29, 1.82) is 0 Å². The summed E-state index contributed by atoms with van der Waals surface area (Å²) in [4.78, 5) is 11.7. The van der Waals surface area contributed by atoms with Gasteiger partial charge in [0, 0.05) is 0 Å². The third-order valence-corrected chi connectivity index (χ3v) is 2.70. The summed E-state index contributed by atoms with van der Waals surface area (Å²) in [5.41, 5.74) is 1.26. The Bertz CT molecular complexity index is 593. The predicted octanol–water partition coefficient (Wildman–Crippen LogP) is 2.94. The van der Waals surface area contributed by atoms with Gasteiger partial charge in [-0.15, -0.1) is 0 Å². The lowest BCUT2D eigenvalue weighted by molar-refractivity contribution is 0.0447. The molecule has 0 fully saturated rings. The van der Waals surface area contributed by atoms with E-state index in [0.717, 1.165) is 11.3 Å². The van der Waals surface area contributed by atoms with Gasteiger partial charge in [0.2, 0.25) is 0 Å². The minimum absolute atomic E-state index is 0.0860. The molecule has 2 aromatic rings. The molecule has 20 heavy (non-hydrogen) atoms. The number of hydrogen-bond donors (Lipinski definition) is 1. The highest BCUT2D eigenvalue weighted by molar-refractivity contribution is 5.92. The maximum Gasteiger partial charge on any atom is 0.342 e. The SMILES string of the molecule is Cc1cccc(OCCOC(=O)c2ccccc2O)c1. The number of ether oxygens (including phenoxy) is 2. The highest BCUT2D eigenvalue weighted by Gasteiger charge is 2.11. The van der Waals surface area contributed by atoms with Crippen LogP contribution in [0.3, 0.4) is 0 Å². The molecule has 2 aromatic carbocycles. The van der Waals surface area contributed by atoms with Crippen LogP contribution < -0.4 is 4.74 Å². The maximum atomic E-state index is 11.7. The van der Waals surface area contributed by atoms with Gasteiger partial charge in [-0.2, -0.15) is 0 Å². The molecule has 0 radical (unpaired) electrons. The number of rotatable bonds is 5. The number of carbonyl (C=O) groups excluding carboxylic acids is 1. The van der Waals surface area contributed by atoms with Crippen molar-refractivity contribution in [2.75, 3.05) is 13.2 Å². The molecule has 0 aliphatic heterocycles. The first-order valence-electron chi connectivity index (χ1n) is 6.31. The monoisotopic (exact) mass is 272 g/mol. The van der Waals surface area contributed by atoms with Gasteiger partial charge >= 0.3 is 5.97 Å². The van der Waals surface area contributed by atoms with Gasteiger partial charge in [0.15, 0.2) is 0 Å². The lowest BCUT2D eigenvalue weighted by atomic mass is 10.2. The van der Waals surface area contributed by atoms with Gasteiger partial charge in [0.1, 0.15) is 30.3 Å². The summed E-state index contributed by atoms with van der Waals surface area (Å²) >= 11 is 0. The Morgan fingerprint density at radius 2 is 1.90 bits per heavy atom. The topological polar surface area (TPSA) is 55.8 Å². The van der Waals surface area contributed by atoms with E-state index in [-0.39, 0.29) is 24.5 Å². The molecule has 0 aromatic heterocycles. The average Bonchev–Trinajstić information content (AvgIpc) is 2.44. The minimum atomic E-state index is -0.559. The molecule has 0 spiro atoms. The number of carbonyl (C=O) groups is 1. The number of aromatic hydroxyl groups is 1. The summed E-state index contributed by atoms with van der Waals surface area (Å²) in [6.07, 6.45) is 0. The number of hydrogen-bond acceptors (Lipinski definition) is 4. The van der Waals surface area contributed by atoms with Crippen LogP contribution in [0.2, 0.25) is 0 Å². The lowest BCUT2D eigenvalue weighted by Crippen LogP contribution is -2.12. The second-order valence-corrected chi connectivity index (χ2v) is 4.32. The van der Waals surface area contributed by atoms with Gasteiger partial charge in [0.25, 0.3) is 0 Å². The Morgan fingerprint density at radius 3 is 2.65 bits per heavy atom. The van der Waals surface area contributed by atoms with Gasteiger partial charge in [-0.3, -0.25) is 0 Å². The Kier molecular flexibility index (Phi) is 4.60. The van der Waals surface area contributed by atoms with Crippen molar-refractivity contribution in [3.05, 3.63) is 59.7 Å². The predicted molar refractivity (Wildman–Crippen MR) is 75.1 cm³/mol. The zero-order valence-corrected chi connectivity index (χ0v) is 11.2. The van der Waals surface area contributed by atoms with E-state index in [9.17, 15) is 9.90 Å². The number of benzene rings is 2. The second kappa shape index (κ2) is 6.61. The Balaban J connectivity index is 1.79. The van der Waals surface area contributed by atoms with Crippen molar-refractivity contribution in [3.8, 4) is 11.5 Å². The molecular formula is C16H16O4. The second-order valence-electron chi connectivity index (χ2n) is 4.32. The number of aryl methyl sites for hydroxylation is 1. The molecule has 0 amide bonds. The summed E-state index contributed by atoms with van der Waals surface area (Å²) in [5.74, 6) is 0.0941. The molecule has 4 heteroatoms. The Morgan fingerprint density at radius 1 is 1.10 bits per heavy atom. The molecule has 0 atom stereocenters. The van der Waals surface area contributed by atoms with Crippen LogP contribution in [0.1, 0.15) is 15.9 Å². The summed E-state index contributed by atoms with van der Waals surface area (Å²) < 4.78 is 10.5. The van der Waals surface area contributed by atoms with E-state index in [1.54, 1.807) is 12.1 Å². The van der Waals surface area contributed by atoms with Crippen LogP contribution in [-0.4, -0.2) is 24.3 Å². The Labute approximate surface area is 117 Å². The first-order valence-corrected chi connectivity index (χ1v) is 6.31. The zero-order valence-electron chi connectivity index (χ0n) is 11.2. The molecule has 0 unspecified atom stereocenters. The van der Waals surface area contributed by atoms with E-state index in [2.05, 4.69) is 0 Å². The van der Waals surface area contributed by atoms with Crippen LogP contribution in [0.5, 0.6) is 11.5 Å². The van der Waals surface area contributed by atoms with E-state index in [1.807, 2.05) is 31.2 Å². The minimum Gasteiger partial charge on any atom is -0.507 e. The standard InChI is InChI=1S/C16H16O4/c1-12-5-4-6-13(11-12)19-9-10-20-16(18)14-7-2-3-8-15(14)17/h2-8,11,17H,9-10H2,1H3. The third kappa shape index (κ3) is 3.75. The fourth-order valence-electron chi connectivity index (χ4n) is 1.72. The van der Waals surface area contributed by atoms with Gasteiger partial charge < -0.3 is 14.6 Å². The van der Waals surface area contributed by atoms with Crippen molar-refractivity contribution in [2.45, 2.75) is 6.92 Å². The molecule has 4 nitrogen and oxygen atoms in total. The zero-order chi connectivity index (χ0) is 14.4. The molecule has 0 saturated carbocycles. The third-order valence-electron chi connectivity index (χ3n) is 2.70. The molecule has 2 rings (SSSR count). The molecule has 0 bridgehead atoms. The maximum absolute atomic E-state index is 11.7. The lowest BCUT2D eigenvalue weighted by Gasteiger charge is -2.08. The molecule has 0 aliphatic rings. The van der Waals surface area contributed by atoms with Gasteiger partial charge in [-0.25, -0.2) is 4.79 Å². The van der Waals surface area contributed by atoms with Crippen molar-refractivity contribution in [2.24, 2.45) is 0 Å². The first kappa shape index (κ1) is 13.9. The van der Waals surface area contributed by atoms with Gasteiger partial charge in [0.05, 0.1) is 0 Å². The van der Waals surface area contributed by atoms with Crippen molar-refractivity contribution in [3.63, 3.8) is 0 Å². The average molecular weight is 272 g/mol. The number of para-hydroxylation sites is 1. The van der Waals surface area contributed by atoms with Gasteiger partial charge in [-0.1, -0.05) is 24.3 Å². The molecule has 0 aliphatic carbocycles. The van der Waals surface area contributed by atoms with Crippen LogP contribution in [0.25, 0.3) is 0 Å². The largest absolute Gasteiger partial charge is 0.507 e. The Hall–Kier alpha value is -2.49. The van der Waals surface area contributed by atoms with Crippen LogP contribution in [-0.2, 0) is 4.74 Å². The summed E-state index contributed by atoms with van der Waals surface area (Å²) in [6, 6.07) is 13.9. The molecule has 1 N–H and O–H groups in total. The smallest absolute Gasteiger partial charge is 0.342 e. The molecule has 104 valence electrons. The van der Waals surface area contributed by atoms with Crippen LogP contribution in [0, 0.1) is 6.92 Å². The highest BCUT2D eigenvalue weighted by Crippen LogP contribution is 2.16. The van der Waals surface area contributed by atoms with Gasteiger partial charge in [-0.05, 0) is 36.8 Å². The van der Waals surface area contributed by atoms with Crippen LogP contribution >= 0.6 is 0 Å². The van der Waals surface area contributed by atoms with Crippen molar-refractivity contribution >= 4 is 5.97 Å². The first-order chi connectivity index (χ1) is 9.66. The summed E-state index contributed by atoms with van der Waals surface area (Å²) in [5, 5.41) is 9.51. The fraction of sp³-hybridized carbons (Fsp3) is 0.188. The molecular weight excluding hydrogens is 256 g/mol. The highest BCUT2D eigenvalue weighted by atomic mass is 16.6. The summed E-state index contributed by atoms with van der Waals surface area (Å²) in [7, 11) is 0. The quantitative estimate of drug-likeness (QED) is 0.671. The van der Waals surface area contributed by atoms with E-state index in [4.69, 9.17) is 9.47 Å². The number of phenols is 1. The molecule has 0 heterocycles. The van der Waals surface area contributed by atoms with Crippen LogP contribution in [0.4, 0.5) is 0 Å². The molecule has 0 saturated heterocycles. The van der Waals surface area contributed by atoms with Crippen molar-refractivity contribution < 1.29 is 19.4 Å². The normalized spacial score (nSPS) is 10.1. The summed E-state index contributed by atoms with van der Waals surface area (Å²) in [6.45, 7) is 2.37. The van der Waals surface area contributed by atoms with E-state index >= 15 is 0 Å². The van der Waals surface area contributed by atoms with Crippen LogP contribution in [0.15, 0.2) is 48.5 Å². The number of phenolic OH excluding ortho intramolecular Hbond substituents is 1. The van der Waals surface area contributed by atoms with Crippen molar-refractivity contribution in [1.82, 2.24) is 0 Å². The van der Waals surface area contributed by atoms with E-state index in [0.29, 0.717) is 0 Å². The van der Waals surface area contributed by atoms with E-state index < -0.39 is 5.97 Å². The fourth-order valence-corrected chi connectivity index (χ4v) is 1.72.